The van der Waals surface area contributed by atoms with Crippen LogP contribution in [0.15, 0.2) is 0 Å². The maximum atomic E-state index is 4.00. The SMILES string of the molecule is C.C.C#C.CC[N-]CC.C[CH-]C.[B][B].[CH3-].[NH2-].[Pt+4]. The Labute approximate surface area is 130 Å². The Bertz CT molecular complexity index is 55.0. The first-order valence-corrected chi connectivity index (χ1v) is 3.87. The van der Waals surface area contributed by atoms with Crippen LogP contribution >= 0.6 is 0 Å². The Morgan fingerprint density at radius 2 is 1.12 bits per heavy atom. The molecule has 0 amide bonds. The van der Waals surface area contributed by atoms with E-state index in [0.29, 0.717) is 0 Å². The van der Waals surface area contributed by atoms with Gasteiger partial charge in [0.15, 0.2) is 0 Å². The van der Waals surface area contributed by atoms with Crippen LogP contribution in [0.5, 0.6) is 0 Å². The number of hydrogen-bond donors (Lipinski definition) is 0. The van der Waals surface area contributed by atoms with Crippen LogP contribution in [-0.2, 0) is 21.1 Å². The molecule has 0 fully saturated rings. The van der Waals surface area contributed by atoms with E-state index in [-0.39, 0.29) is 49.5 Å². The second-order valence-electron chi connectivity index (χ2n) is 1.43. The van der Waals surface area contributed by atoms with Crippen molar-refractivity contribution in [2.75, 3.05) is 13.1 Å². The van der Waals surface area contributed by atoms with E-state index in [1.807, 2.05) is 34.1 Å². The fraction of sp³-hybridized carbons (Fsp3) is 0.667. The van der Waals surface area contributed by atoms with E-state index in [1.54, 1.807) is 0 Å². The Balaban J connectivity index is -0.00000000697. The van der Waals surface area contributed by atoms with Gasteiger partial charge < -0.3 is 25.3 Å². The van der Waals surface area contributed by atoms with Gasteiger partial charge in [-0.25, -0.2) is 0 Å². The first-order chi connectivity index (χ1) is 5.83. The molecule has 0 aromatic rings. The van der Waals surface area contributed by atoms with E-state index < -0.39 is 0 Å². The van der Waals surface area contributed by atoms with Crippen LogP contribution in [0, 0.1) is 26.7 Å². The third-order valence-electron chi connectivity index (χ3n) is 0.447. The zero-order chi connectivity index (χ0) is 10.8. The minimum absolute atomic E-state index is 0. The fourth-order valence-electron chi connectivity index (χ4n) is 0.224. The molecule has 17 heavy (non-hydrogen) atoms. The first kappa shape index (κ1) is 66.7. The second kappa shape index (κ2) is 206. The number of nitrogens with zero attached hydrogens (tertiary/aromatic N) is 1. The standard InChI is InChI=1S/C4H10N.C3H7.C2H2.2CH4.CH3.B2.H2N.Pt/c1-3-5-4-2;1-3-2;1-2;;;;1-2;;/h3-4H2,1-2H3;3H,1-2H3;1-2H;2*1H4;1H3;;1H2;/q2*-1;;;;-1;;-1;+4. The minimum atomic E-state index is 0. The van der Waals surface area contributed by atoms with Gasteiger partial charge in [0.05, 0.1) is 0 Å². The molecule has 0 saturated heterocycles. The summed E-state index contributed by atoms with van der Waals surface area (Å²) in [4.78, 5) is 0. The molecule has 0 rings (SSSR count). The number of rotatable bonds is 2. The van der Waals surface area contributed by atoms with E-state index in [9.17, 15) is 0 Å². The van der Waals surface area contributed by atoms with Gasteiger partial charge >= 0.3 is 21.1 Å². The van der Waals surface area contributed by atoms with Gasteiger partial charge in [-0.05, 0) is 0 Å². The molecule has 0 bridgehead atoms. The zero-order valence-electron chi connectivity index (χ0n) is 10.6. The molecule has 5 heteroatoms. The van der Waals surface area contributed by atoms with Gasteiger partial charge in [0.1, 0.15) is 0 Å². The minimum Gasteiger partial charge on any atom is -0.693 e. The van der Waals surface area contributed by atoms with Crippen molar-refractivity contribution < 1.29 is 21.1 Å². The van der Waals surface area contributed by atoms with E-state index >= 15 is 0 Å². The summed E-state index contributed by atoms with van der Waals surface area (Å²) in [6.07, 6.45) is 10.0. The zero-order valence-corrected chi connectivity index (χ0v) is 12.9. The molecule has 0 saturated carbocycles. The molecule has 0 spiro atoms. The molecular formula is C12H32B2N2Pt. The summed E-state index contributed by atoms with van der Waals surface area (Å²) in [6, 6.07) is 0. The van der Waals surface area contributed by atoms with Crippen LogP contribution in [0.1, 0.15) is 42.5 Å². The fourth-order valence-corrected chi connectivity index (χ4v) is 0.224. The summed E-state index contributed by atoms with van der Waals surface area (Å²) in [5.41, 5.74) is 0. The third-order valence-corrected chi connectivity index (χ3v) is 0.447. The van der Waals surface area contributed by atoms with Crippen LogP contribution < -0.4 is 0 Å². The molecule has 0 aromatic carbocycles. The number of terminal acetylenes is 1. The van der Waals surface area contributed by atoms with E-state index in [2.05, 4.69) is 33.6 Å². The molecule has 0 aromatic heterocycles. The van der Waals surface area contributed by atoms with E-state index in [0.717, 1.165) is 13.1 Å². The van der Waals surface area contributed by atoms with Crippen molar-refractivity contribution >= 4 is 15.5 Å². The first-order valence-electron chi connectivity index (χ1n) is 3.87. The van der Waals surface area contributed by atoms with E-state index in [4.69, 9.17) is 0 Å². The van der Waals surface area contributed by atoms with Crippen molar-refractivity contribution in [1.82, 2.24) is 0 Å². The topological polar surface area (TPSA) is 47.6 Å². The molecule has 2 N–H and O–H groups in total. The molecule has 0 aliphatic carbocycles. The van der Waals surface area contributed by atoms with Gasteiger partial charge in [-0.3, -0.25) is 0 Å². The molecule has 0 heterocycles. The average Bonchev–Trinajstić information content (AvgIpc) is 2.14. The van der Waals surface area contributed by atoms with Crippen molar-refractivity contribution in [3.05, 3.63) is 25.3 Å². The molecule has 0 atom stereocenters. The summed E-state index contributed by atoms with van der Waals surface area (Å²) in [7, 11) is 8.00. The average molecular weight is 421 g/mol. The molecule has 2 nitrogen and oxygen atoms in total. The Hall–Kier alpha value is 0.298. The summed E-state index contributed by atoms with van der Waals surface area (Å²) < 4.78 is 0. The predicted octanol–water partition coefficient (Wildman–Crippen LogP) is 4.56. The van der Waals surface area contributed by atoms with E-state index in [1.165, 1.54) is 0 Å². The predicted molar refractivity (Wildman–Crippen MR) is 86.6 cm³/mol. The molecule has 0 aliphatic heterocycles. The number of hydrogen-bond acceptors (Lipinski definition) is 0. The van der Waals surface area contributed by atoms with Crippen LogP contribution in [0.25, 0.3) is 11.5 Å². The summed E-state index contributed by atoms with van der Waals surface area (Å²) in [5.74, 6) is 0. The maximum Gasteiger partial charge on any atom is 4.00 e. The quantitative estimate of drug-likeness (QED) is 0.357. The third kappa shape index (κ3) is 631. The maximum absolute atomic E-state index is 4.00. The Morgan fingerprint density at radius 1 is 1.00 bits per heavy atom. The summed E-state index contributed by atoms with van der Waals surface area (Å²) in [5, 5.41) is 3.97. The summed E-state index contributed by atoms with van der Waals surface area (Å²) >= 11 is 0. The largest absolute Gasteiger partial charge is 4.00 e. The van der Waals surface area contributed by atoms with Crippen molar-refractivity contribution in [2.24, 2.45) is 0 Å². The summed E-state index contributed by atoms with van der Waals surface area (Å²) in [6.45, 7) is 10.0. The van der Waals surface area contributed by atoms with Gasteiger partial charge in [0.2, 0.25) is 0 Å². The van der Waals surface area contributed by atoms with Crippen molar-refractivity contribution in [1.29, 1.82) is 0 Å². The molecule has 0 unspecified atom stereocenters. The Kier molecular flexibility index (Phi) is 810. The van der Waals surface area contributed by atoms with Gasteiger partial charge in [0.25, 0.3) is 0 Å². The van der Waals surface area contributed by atoms with Crippen LogP contribution in [-0.4, -0.2) is 28.6 Å². The van der Waals surface area contributed by atoms with Crippen molar-refractivity contribution in [2.45, 2.75) is 42.5 Å². The monoisotopic (exact) mass is 421 g/mol. The molecule has 0 aliphatic rings. The molecule has 4 radical (unpaired) electrons. The van der Waals surface area contributed by atoms with Gasteiger partial charge in [-0.2, -0.15) is 26.9 Å². The molecule has 106 valence electrons. The second-order valence-corrected chi connectivity index (χ2v) is 1.43. The Morgan fingerprint density at radius 3 is 1.12 bits per heavy atom. The smallest absolute Gasteiger partial charge is 0.693 e. The number of nitrogens with two attached hydrogens (primary N) is 1. The van der Waals surface area contributed by atoms with Crippen LogP contribution in [0.4, 0.5) is 0 Å². The normalized spacial score (nSPS) is 3.88. The van der Waals surface area contributed by atoms with Crippen LogP contribution in [0.3, 0.4) is 0 Å². The van der Waals surface area contributed by atoms with Crippen LogP contribution in [0.2, 0.25) is 0 Å². The van der Waals surface area contributed by atoms with Gasteiger partial charge in [-0.1, -0.05) is 28.7 Å². The molecular weight excluding hydrogens is 389 g/mol. The van der Waals surface area contributed by atoms with Crippen molar-refractivity contribution in [3.8, 4) is 12.8 Å². The van der Waals surface area contributed by atoms with Gasteiger partial charge in [0, 0.05) is 15.5 Å². The van der Waals surface area contributed by atoms with Gasteiger partial charge in [-0.15, -0.1) is 12.8 Å². The van der Waals surface area contributed by atoms with Crippen molar-refractivity contribution in [3.63, 3.8) is 0 Å².